The zero-order valence-electron chi connectivity index (χ0n) is 16.1. The molecule has 0 unspecified atom stereocenters. The first-order valence-electron chi connectivity index (χ1n) is 10.1. The molecule has 2 bridgehead atoms. The molecule has 5 atom stereocenters. The molecule has 144 valence electrons. The van der Waals surface area contributed by atoms with Crippen LogP contribution < -0.4 is 0 Å². The van der Waals surface area contributed by atoms with Gasteiger partial charge in [-0.2, -0.15) is 0 Å². The molecule has 1 heterocycles. The van der Waals surface area contributed by atoms with Crippen LogP contribution in [0.3, 0.4) is 0 Å². The van der Waals surface area contributed by atoms with Gasteiger partial charge in [0, 0.05) is 5.92 Å². The van der Waals surface area contributed by atoms with E-state index in [0.717, 1.165) is 31.2 Å². The summed E-state index contributed by atoms with van der Waals surface area (Å²) in [6, 6.07) is 9.78. The molecule has 2 fully saturated rings. The quantitative estimate of drug-likeness (QED) is 0.585. The molecule has 0 radical (unpaired) electrons. The van der Waals surface area contributed by atoms with Crippen molar-refractivity contribution in [2.24, 2.45) is 23.2 Å². The molecule has 1 saturated carbocycles. The maximum atomic E-state index is 13.2. The van der Waals surface area contributed by atoms with Crippen LogP contribution >= 0.6 is 0 Å². The van der Waals surface area contributed by atoms with E-state index in [1.54, 1.807) is 0 Å². The summed E-state index contributed by atoms with van der Waals surface area (Å²) in [5.74, 6) is -0.346. The Kier molecular flexibility index (Phi) is 4.83. The highest BCUT2D eigenvalue weighted by Crippen LogP contribution is 2.51. The first-order chi connectivity index (χ1) is 13.0. The average Bonchev–Trinajstić information content (AvgIpc) is 2.79. The van der Waals surface area contributed by atoms with Crippen LogP contribution in [0.2, 0.25) is 0 Å². The van der Waals surface area contributed by atoms with Crippen molar-refractivity contribution < 1.29 is 19.1 Å². The van der Waals surface area contributed by atoms with E-state index in [1.165, 1.54) is 5.57 Å². The maximum Gasteiger partial charge on any atom is 0.315 e. The van der Waals surface area contributed by atoms with Gasteiger partial charge in [0.25, 0.3) is 0 Å². The molecule has 1 aliphatic heterocycles. The summed E-state index contributed by atoms with van der Waals surface area (Å²) in [5.41, 5.74) is 1.64. The van der Waals surface area contributed by atoms with Gasteiger partial charge in [0.1, 0.15) is 12.7 Å². The van der Waals surface area contributed by atoms with Crippen molar-refractivity contribution in [2.45, 2.75) is 58.7 Å². The number of benzene rings is 1. The third-order valence-electron chi connectivity index (χ3n) is 6.62. The molecule has 0 N–H and O–H groups in total. The fourth-order valence-corrected chi connectivity index (χ4v) is 5.19. The van der Waals surface area contributed by atoms with E-state index in [-0.39, 0.29) is 35.8 Å². The summed E-state index contributed by atoms with van der Waals surface area (Å²) in [6.07, 6.45) is 6.74. The number of rotatable bonds is 3. The van der Waals surface area contributed by atoms with Crippen molar-refractivity contribution in [3.05, 3.63) is 47.5 Å². The summed E-state index contributed by atoms with van der Waals surface area (Å²) in [4.78, 5) is 25.8. The molecular formula is C23H28O4. The van der Waals surface area contributed by atoms with Crippen molar-refractivity contribution in [2.75, 3.05) is 0 Å². The van der Waals surface area contributed by atoms with E-state index in [0.29, 0.717) is 13.0 Å². The van der Waals surface area contributed by atoms with E-state index in [2.05, 4.69) is 6.08 Å². The monoisotopic (exact) mass is 368 g/mol. The Hall–Kier alpha value is -2.10. The number of hydrogen-bond acceptors (Lipinski definition) is 4. The van der Waals surface area contributed by atoms with Crippen LogP contribution in [0.15, 0.2) is 42.0 Å². The summed E-state index contributed by atoms with van der Waals surface area (Å²) < 4.78 is 11.5. The van der Waals surface area contributed by atoms with Crippen LogP contribution in [-0.4, -0.2) is 18.0 Å². The van der Waals surface area contributed by atoms with Crippen LogP contribution in [0.4, 0.5) is 0 Å². The van der Waals surface area contributed by atoms with Gasteiger partial charge >= 0.3 is 11.9 Å². The molecule has 27 heavy (non-hydrogen) atoms. The zero-order valence-corrected chi connectivity index (χ0v) is 16.1. The molecule has 4 rings (SSSR count). The van der Waals surface area contributed by atoms with Gasteiger partial charge in [-0.25, -0.2) is 0 Å². The Balaban J connectivity index is 1.62. The highest BCUT2D eigenvalue weighted by molar-refractivity contribution is 5.81. The first-order valence-corrected chi connectivity index (χ1v) is 10.1. The smallest absolute Gasteiger partial charge is 0.315 e. The number of ether oxygens (including phenoxy) is 2. The Morgan fingerprint density at radius 3 is 2.81 bits per heavy atom. The van der Waals surface area contributed by atoms with E-state index in [1.807, 2.05) is 44.2 Å². The topological polar surface area (TPSA) is 52.6 Å². The minimum Gasteiger partial charge on any atom is -0.462 e. The lowest BCUT2D eigenvalue weighted by Crippen LogP contribution is -2.47. The Morgan fingerprint density at radius 2 is 2.04 bits per heavy atom. The lowest BCUT2D eigenvalue weighted by molar-refractivity contribution is -0.178. The molecule has 1 saturated heterocycles. The highest BCUT2D eigenvalue weighted by Gasteiger charge is 2.53. The Morgan fingerprint density at radius 1 is 1.26 bits per heavy atom. The van der Waals surface area contributed by atoms with Gasteiger partial charge in [-0.15, -0.1) is 0 Å². The fourth-order valence-electron chi connectivity index (χ4n) is 5.19. The van der Waals surface area contributed by atoms with Gasteiger partial charge < -0.3 is 9.47 Å². The lowest BCUT2D eigenvalue weighted by atomic mass is 9.69. The van der Waals surface area contributed by atoms with Gasteiger partial charge in [0.05, 0.1) is 11.3 Å². The molecule has 4 heteroatoms. The highest BCUT2D eigenvalue weighted by atomic mass is 16.5. The summed E-state index contributed by atoms with van der Waals surface area (Å²) >= 11 is 0. The van der Waals surface area contributed by atoms with Crippen molar-refractivity contribution >= 4 is 11.9 Å². The van der Waals surface area contributed by atoms with E-state index < -0.39 is 5.41 Å². The molecule has 0 aromatic heterocycles. The second kappa shape index (κ2) is 7.14. The van der Waals surface area contributed by atoms with Gasteiger partial charge in [-0.3, -0.25) is 9.59 Å². The number of allylic oxidation sites excluding steroid dienone is 1. The van der Waals surface area contributed by atoms with Gasteiger partial charge in [0.2, 0.25) is 0 Å². The zero-order chi connectivity index (χ0) is 19.0. The maximum absolute atomic E-state index is 13.2. The van der Waals surface area contributed by atoms with Crippen LogP contribution in [-0.2, 0) is 25.7 Å². The summed E-state index contributed by atoms with van der Waals surface area (Å²) in [7, 11) is 0. The number of fused-ring (bicyclic) bond motifs is 3. The summed E-state index contributed by atoms with van der Waals surface area (Å²) in [6.45, 7) is 4.18. The third-order valence-corrected chi connectivity index (χ3v) is 6.62. The molecule has 2 aliphatic carbocycles. The van der Waals surface area contributed by atoms with Crippen molar-refractivity contribution in [1.82, 2.24) is 0 Å². The predicted octanol–water partition coefficient (Wildman–Crippen LogP) is 4.43. The lowest BCUT2D eigenvalue weighted by Gasteiger charge is -2.41. The minimum atomic E-state index is -0.615. The second-order valence-electron chi connectivity index (χ2n) is 8.59. The molecule has 4 nitrogen and oxygen atoms in total. The van der Waals surface area contributed by atoms with E-state index >= 15 is 0 Å². The molecule has 1 aromatic rings. The number of carbonyl (C=O) groups excluding carboxylic acids is 2. The second-order valence-corrected chi connectivity index (χ2v) is 8.59. The van der Waals surface area contributed by atoms with Crippen molar-refractivity contribution in [1.29, 1.82) is 0 Å². The van der Waals surface area contributed by atoms with Gasteiger partial charge in [-0.05, 0) is 51.0 Å². The first kappa shape index (κ1) is 18.3. The van der Waals surface area contributed by atoms with Crippen molar-refractivity contribution in [3.8, 4) is 0 Å². The fraction of sp³-hybridized carbons (Fsp3) is 0.565. The van der Waals surface area contributed by atoms with Crippen molar-refractivity contribution in [3.63, 3.8) is 0 Å². The normalized spacial score (nSPS) is 35.3. The number of carbonyl (C=O) groups is 2. The Labute approximate surface area is 160 Å². The van der Waals surface area contributed by atoms with Crippen LogP contribution in [0, 0.1) is 23.2 Å². The number of hydrogen-bond donors (Lipinski definition) is 0. The third kappa shape index (κ3) is 3.42. The molecular weight excluding hydrogens is 340 g/mol. The van der Waals surface area contributed by atoms with Crippen LogP contribution in [0.25, 0.3) is 0 Å². The summed E-state index contributed by atoms with van der Waals surface area (Å²) in [5, 5.41) is 0. The SMILES string of the molecule is C[C@H]1OC(=O)[C@]2(C)C=C3CCCC[C@H]3[C@H](C(=O)OCc3ccccc3)[C@@H]1C2. The number of cyclic esters (lactones) is 1. The predicted molar refractivity (Wildman–Crippen MR) is 102 cm³/mol. The van der Waals surface area contributed by atoms with Crippen LogP contribution in [0.1, 0.15) is 51.5 Å². The van der Waals surface area contributed by atoms with E-state index in [9.17, 15) is 9.59 Å². The molecule has 3 aliphatic rings. The molecule has 0 spiro atoms. The van der Waals surface area contributed by atoms with Crippen LogP contribution in [0.5, 0.6) is 0 Å². The van der Waals surface area contributed by atoms with E-state index in [4.69, 9.17) is 9.47 Å². The van der Waals surface area contributed by atoms with Gasteiger partial charge in [0.15, 0.2) is 0 Å². The number of esters is 2. The standard InChI is InChI=1S/C23H28O4/c1-15-19-13-23(2,22(25)27-15)12-17-10-6-7-11-18(17)20(19)21(24)26-14-16-8-4-3-5-9-16/h3-5,8-9,12,15,18-20H,6-7,10-11,13-14H2,1-2H3/t15-,18-,19-,20+,23-/m1/s1. The average molecular weight is 368 g/mol. The largest absolute Gasteiger partial charge is 0.462 e. The Bertz CT molecular complexity index is 753. The molecule has 0 amide bonds. The van der Waals surface area contributed by atoms with Gasteiger partial charge in [-0.1, -0.05) is 48.4 Å². The molecule has 1 aromatic carbocycles. The minimum absolute atomic E-state index is 0.00724.